The van der Waals surface area contributed by atoms with Crippen molar-refractivity contribution in [2.24, 2.45) is 5.92 Å². The van der Waals surface area contributed by atoms with Crippen LogP contribution in [0.15, 0.2) is 42.5 Å². The highest BCUT2D eigenvalue weighted by molar-refractivity contribution is 6.30. The van der Waals surface area contributed by atoms with E-state index < -0.39 is 0 Å². The van der Waals surface area contributed by atoms with Gasteiger partial charge in [0.25, 0.3) is 0 Å². The van der Waals surface area contributed by atoms with Gasteiger partial charge >= 0.3 is 0 Å². The maximum Gasteiger partial charge on any atom is 0.229 e. The van der Waals surface area contributed by atoms with Gasteiger partial charge in [-0.15, -0.1) is 0 Å². The predicted molar refractivity (Wildman–Crippen MR) is 118 cm³/mol. The molecule has 0 saturated heterocycles. The van der Waals surface area contributed by atoms with Crippen molar-refractivity contribution < 1.29 is 4.79 Å². The monoisotopic (exact) mass is 406 g/mol. The maximum atomic E-state index is 12.8. The van der Waals surface area contributed by atoms with Crippen molar-refractivity contribution in [3.63, 3.8) is 0 Å². The van der Waals surface area contributed by atoms with Gasteiger partial charge in [-0.2, -0.15) is 4.98 Å². The summed E-state index contributed by atoms with van der Waals surface area (Å²) in [5.74, 6) is 1.35. The fourth-order valence-electron chi connectivity index (χ4n) is 3.53. The number of carbonyl (C=O) groups excluding carboxylic acids is 1. The third-order valence-corrected chi connectivity index (χ3v) is 5.46. The van der Waals surface area contributed by atoms with Crippen molar-refractivity contribution in [2.75, 3.05) is 10.6 Å². The maximum absolute atomic E-state index is 12.8. The number of hydrogen-bond donors (Lipinski definition) is 2. The van der Waals surface area contributed by atoms with Gasteiger partial charge in [0.2, 0.25) is 5.95 Å². The molecule has 0 saturated carbocycles. The molecule has 6 heteroatoms. The molecule has 4 rings (SSSR count). The average Bonchev–Trinajstić information content (AvgIpc) is 2.66. The minimum atomic E-state index is 0.0768. The summed E-state index contributed by atoms with van der Waals surface area (Å²) in [5, 5.41) is 7.23. The van der Waals surface area contributed by atoms with E-state index in [4.69, 9.17) is 11.6 Å². The zero-order chi connectivity index (χ0) is 20.5. The van der Waals surface area contributed by atoms with Crippen molar-refractivity contribution in [2.45, 2.75) is 33.6 Å². The molecule has 1 aromatic heterocycles. The summed E-state index contributed by atoms with van der Waals surface area (Å²) < 4.78 is 0. The lowest BCUT2D eigenvalue weighted by Crippen LogP contribution is -2.22. The first-order chi connectivity index (χ1) is 13.9. The van der Waals surface area contributed by atoms with Crippen LogP contribution in [-0.2, 0) is 6.42 Å². The third-order valence-electron chi connectivity index (χ3n) is 5.21. The Morgan fingerprint density at radius 3 is 2.38 bits per heavy atom. The SMILES string of the molecule is Cc1ccc(Nc2nc3c(c(Nc4ccc(Cl)cc4)n2)C(=O)CC(C)C3)cc1C. The number of anilines is 4. The fourth-order valence-corrected chi connectivity index (χ4v) is 3.66. The van der Waals surface area contributed by atoms with E-state index in [1.165, 1.54) is 11.1 Å². The van der Waals surface area contributed by atoms with Gasteiger partial charge in [-0.05, 0) is 73.7 Å². The number of benzene rings is 2. The van der Waals surface area contributed by atoms with Crippen molar-refractivity contribution in [3.05, 3.63) is 69.9 Å². The molecule has 1 heterocycles. The van der Waals surface area contributed by atoms with E-state index in [2.05, 4.69) is 53.5 Å². The highest BCUT2D eigenvalue weighted by atomic mass is 35.5. The molecule has 1 unspecified atom stereocenters. The second-order valence-corrected chi connectivity index (χ2v) is 8.15. The van der Waals surface area contributed by atoms with E-state index in [9.17, 15) is 4.79 Å². The van der Waals surface area contributed by atoms with Gasteiger partial charge in [-0.1, -0.05) is 24.6 Å². The molecule has 0 fully saturated rings. The highest BCUT2D eigenvalue weighted by Gasteiger charge is 2.28. The first-order valence-corrected chi connectivity index (χ1v) is 10.1. The lowest BCUT2D eigenvalue weighted by Gasteiger charge is -2.23. The number of carbonyl (C=O) groups is 1. The smallest absolute Gasteiger partial charge is 0.229 e. The Morgan fingerprint density at radius 1 is 0.931 bits per heavy atom. The molecule has 1 atom stereocenters. The molecule has 0 amide bonds. The molecule has 2 N–H and O–H groups in total. The van der Waals surface area contributed by atoms with Crippen molar-refractivity contribution in [1.29, 1.82) is 0 Å². The molecule has 0 bridgehead atoms. The summed E-state index contributed by atoms with van der Waals surface area (Å²) in [5.41, 5.74) is 5.53. The Kier molecular flexibility index (Phi) is 5.24. The highest BCUT2D eigenvalue weighted by Crippen LogP contribution is 2.32. The number of halogens is 1. The quantitative estimate of drug-likeness (QED) is 0.556. The van der Waals surface area contributed by atoms with E-state index in [-0.39, 0.29) is 11.7 Å². The van der Waals surface area contributed by atoms with Crippen LogP contribution in [0.25, 0.3) is 0 Å². The number of hydrogen-bond acceptors (Lipinski definition) is 5. The molecular weight excluding hydrogens is 384 g/mol. The van der Waals surface area contributed by atoms with Gasteiger partial charge < -0.3 is 10.6 Å². The molecule has 1 aliphatic carbocycles. The van der Waals surface area contributed by atoms with Crippen molar-refractivity contribution in [3.8, 4) is 0 Å². The zero-order valence-corrected chi connectivity index (χ0v) is 17.5. The molecule has 0 aliphatic heterocycles. The first-order valence-electron chi connectivity index (χ1n) is 9.70. The Bertz CT molecular complexity index is 1080. The van der Waals surface area contributed by atoms with E-state index >= 15 is 0 Å². The summed E-state index contributed by atoms with van der Waals surface area (Å²) in [7, 11) is 0. The Labute approximate surface area is 175 Å². The lowest BCUT2D eigenvalue weighted by molar-refractivity contribution is 0.0953. The Hall–Kier alpha value is -2.92. The van der Waals surface area contributed by atoms with Crippen LogP contribution in [0.1, 0.15) is 40.5 Å². The van der Waals surface area contributed by atoms with Crippen molar-refractivity contribution in [1.82, 2.24) is 9.97 Å². The molecule has 1 aliphatic rings. The van der Waals surface area contributed by atoms with Gasteiger partial charge in [-0.25, -0.2) is 4.98 Å². The van der Waals surface area contributed by atoms with Crippen LogP contribution in [-0.4, -0.2) is 15.8 Å². The van der Waals surface area contributed by atoms with Gasteiger partial charge in [0.05, 0.1) is 11.3 Å². The predicted octanol–water partition coefficient (Wildman–Crippen LogP) is 6.00. The van der Waals surface area contributed by atoms with Crippen LogP contribution < -0.4 is 10.6 Å². The minimum absolute atomic E-state index is 0.0768. The summed E-state index contributed by atoms with van der Waals surface area (Å²) in [6.45, 7) is 6.23. The normalized spacial score (nSPS) is 15.7. The van der Waals surface area contributed by atoms with Crippen LogP contribution in [0.4, 0.5) is 23.1 Å². The van der Waals surface area contributed by atoms with Crippen LogP contribution in [0, 0.1) is 19.8 Å². The number of aromatic nitrogens is 2. The van der Waals surface area contributed by atoms with Gasteiger partial charge in [0, 0.05) is 22.8 Å². The van der Waals surface area contributed by atoms with Gasteiger partial charge in [0.1, 0.15) is 5.82 Å². The second-order valence-electron chi connectivity index (χ2n) is 7.71. The molecule has 5 nitrogen and oxygen atoms in total. The largest absolute Gasteiger partial charge is 0.339 e. The van der Waals surface area contributed by atoms with Gasteiger partial charge in [0.15, 0.2) is 5.78 Å². The summed E-state index contributed by atoms with van der Waals surface area (Å²) >= 11 is 5.99. The Morgan fingerprint density at radius 2 is 1.66 bits per heavy atom. The van der Waals surface area contributed by atoms with E-state index in [1.807, 2.05) is 18.2 Å². The molecule has 3 aromatic rings. The van der Waals surface area contributed by atoms with E-state index in [1.54, 1.807) is 12.1 Å². The van der Waals surface area contributed by atoms with E-state index in [0.717, 1.165) is 23.5 Å². The number of aryl methyl sites for hydroxylation is 2. The molecule has 29 heavy (non-hydrogen) atoms. The molecular formula is C23H23ClN4O. The standard InChI is InChI=1S/C23H23ClN4O/c1-13-10-19-21(20(29)11-13)22(25-17-8-5-16(24)6-9-17)28-23(27-19)26-18-7-4-14(2)15(3)12-18/h4-9,12-13H,10-11H2,1-3H3,(H2,25,26,27,28). The van der Waals surface area contributed by atoms with Crippen LogP contribution >= 0.6 is 11.6 Å². The number of nitrogens with one attached hydrogen (secondary N) is 2. The van der Waals surface area contributed by atoms with E-state index in [0.29, 0.717) is 28.8 Å². The minimum Gasteiger partial charge on any atom is -0.339 e. The molecule has 0 spiro atoms. The number of nitrogens with zero attached hydrogens (tertiary/aromatic N) is 2. The first kappa shape index (κ1) is 19.4. The third kappa shape index (κ3) is 4.25. The van der Waals surface area contributed by atoms with Crippen LogP contribution in [0.2, 0.25) is 5.02 Å². The lowest BCUT2D eigenvalue weighted by atomic mass is 9.87. The molecule has 2 aromatic carbocycles. The number of Topliss-reactive ketones (excluding diaryl/α,β-unsaturated/α-hetero) is 1. The second kappa shape index (κ2) is 7.84. The van der Waals surface area contributed by atoms with Crippen LogP contribution in [0.3, 0.4) is 0 Å². The summed E-state index contributed by atoms with van der Waals surface area (Å²) in [6, 6.07) is 13.5. The topological polar surface area (TPSA) is 66.9 Å². The number of rotatable bonds is 4. The number of ketones is 1. The Balaban J connectivity index is 1.74. The number of fused-ring (bicyclic) bond motifs is 1. The average molecular weight is 407 g/mol. The summed E-state index contributed by atoms with van der Waals surface area (Å²) in [4.78, 5) is 22.1. The fraction of sp³-hybridized carbons (Fsp3) is 0.261. The molecule has 0 radical (unpaired) electrons. The zero-order valence-electron chi connectivity index (χ0n) is 16.7. The van der Waals surface area contributed by atoms with Gasteiger partial charge in [-0.3, -0.25) is 4.79 Å². The summed E-state index contributed by atoms with van der Waals surface area (Å²) in [6.07, 6.45) is 1.26. The van der Waals surface area contributed by atoms with Crippen molar-refractivity contribution >= 4 is 40.5 Å². The molecule has 148 valence electrons. The van der Waals surface area contributed by atoms with Crippen LogP contribution in [0.5, 0.6) is 0 Å².